The minimum absolute atomic E-state index is 0.802. The molecular weight excluding hydrogens is 260 g/mol. The van der Waals surface area contributed by atoms with E-state index in [1.807, 2.05) is 20.8 Å². The third-order valence-corrected chi connectivity index (χ3v) is 3.20. The van der Waals surface area contributed by atoms with Gasteiger partial charge in [0.2, 0.25) is 0 Å². The van der Waals surface area contributed by atoms with Crippen LogP contribution in [-0.2, 0) is 5.75 Å². The minimum atomic E-state index is 0.802. The molecule has 0 aliphatic heterocycles. The van der Waals surface area contributed by atoms with Crippen LogP contribution in [0.15, 0.2) is 30.8 Å². The summed E-state index contributed by atoms with van der Waals surface area (Å²) in [5, 5.41) is 0. The molecule has 0 fully saturated rings. The van der Waals surface area contributed by atoms with Crippen LogP contribution in [0.4, 0.5) is 0 Å². The number of unbranched alkanes of at least 4 members (excludes halogenated alkanes) is 4. The lowest BCUT2D eigenvalue weighted by Gasteiger charge is -1.99. The molecule has 0 saturated carbocycles. The Labute approximate surface area is 133 Å². The molecule has 1 rings (SSSR count). The van der Waals surface area contributed by atoms with Crippen molar-refractivity contribution in [1.82, 2.24) is 0 Å². The van der Waals surface area contributed by atoms with Gasteiger partial charge in [-0.05, 0) is 18.1 Å². The normalized spacial score (nSPS) is 8.90. The molecule has 116 valence electrons. The molecule has 0 bridgehead atoms. The van der Waals surface area contributed by atoms with E-state index in [1.54, 1.807) is 0 Å². The fourth-order valence-corrected chi connectivity index (χ4v) is 1.78. The summed E-state index contributed by atoms with van der Waals surface area (Å²) in [6.45, 7) is 14.4. The summed E-state index contributed by atoms with van der Waals surface area (Å²) in [7, 11) is 0. The van der Waals surface area contributed by atoms with Gasteiger partial charge in [-0.1, -0.05) is 96.2 Å². The maximum atomic E-state index is 4.17. The lowest BCUT2D eigenvalue weighted by atomic mass is 10.1. The molecule has 0 nitrogen and oxygen atoms in total. The van der Waals surface area contributed by atoms with Crippen LogP contribution in [0, 0.1) is 0 Å². The SMILES string of the molecule is C=C(C)c1ccc(CS)cc1.CC.CCCCCCC. The van der Waals surface area contributed by atoms with Crippen LogP contribution in [-0.4, -0.2) is 0 Å². The van der Waals surface area contributed by atoms with Gasteiger partial charge in [0.1, 0.15) is 0 Å². The fourth-order valence-electron chi connectivity index (χ4n) is 1.57. The Bertz CT molecular complexity index is 307. The van der Waals surface area contributed by atoms with Crippen LogP contribution < -0.4 is 0 Å². The van der Waals surface area contributed by atoms with Gasteiger partial charge in [-0.3, -0.25) is 0 Å². The molecule has 1 aromatic carbocycles. The van der Waals surface area contributed by atoms with E-state index < -0.39 is 0 Å². The fraction of sp³-hybridized carbons (Fsp3) is 0.579. The molecule has 0 saturated heterocycles. The number of thiol groups is 1. The highest BCUT2D eigenvalue weighted by Crippen LogP contribution is 2.12. The Morgan fingerprint density at radius 3 is 1.70 bits per heavy atom. The molecule has 0 atom stereocenters. The third kappa shape index (κ3) is 12.3. The zero-order valence-corrected chi connectivity index (χ0v) is 15.1. The molecule has 0 aromatic heterocycles. The Morgan fingerprint density at radius 1 is 0.950 bits per heavy atom. The van der Waals surface area contributed by atoms with E-state index in [9.17, 15) is 0 Å². The molecule has 20 heavy (non-hydrogen) atoms. The molecule has 0 aliphatic carbocycles. The lowest BCUT2D eigenvalue weighted by molar-refractivity contribution is 0.656. The van der Waals surface area contributed by atoms with Crippen LogP contribution in [0.1, 0.15) is 77.8 Å². The van der Waals surface area contributed by atoms with Crippen LogP contribution in [0.3, 0.4) is 0 Å². The highest BCUT2D eigenvalue weighted by Gasteiger charge is 1.92. The molecule has 0 heterocycles. The first-order valence-corrected chi connectivity index (χ1v) is 8.64. The summed E-state index contributed by atoms with van der Waals surface area (Å²) in [5.74, 6) is 0.802. The number of rotatable bonds is 6. The van der Waals surface area contributed by atoms with E-state index in [-0.39, 0.29) is 0 Å². The summed E-state index contributed by atoms with van der Waals surface area (Å²) >= 11 is 4.17. The molecule has 0 radical (unpaired) electrons. The van der Waals surface area contributed by atoms with Crippen molar-refractivity contribution in [3.63, 3.8) is 0 Å². The summed E-state index contributed by atoms with van der Waals surface area (Å²) < 4.78 is 0. The number of benzene rings is 1. The Hall–Kier alpha value is -0.690. The van der Waals surface area contributed by atoms with Gasteiger partial charge in [0, 0.05) is 5.75 Å². The molecule has 0 amide bonds. The standard InChI is InChI=1S/C10H12S.C7H16.C2H6/c1-8(2)10-5-3-9(7-11)4-6-10;1-3-5-7-6-4-2;1-2/h3-6,11H,1,7H2,2H3;3-7H2,1-2H3;1-2H3. The van der Waals surface area contributed by atoms with Crippen molar-refractivity contribution >= 4 is 18.2 Å². The van der Waals surface area contributed by atoms with Gasteiger partial charge in [0.15, 0.2) is 0 Å². The first-order valence-electron chi connectivity index (χ1n) is 8.01. The van der Waals surface area contributed by atoms with Crippen LogP contribution in [0.2, 0.25) is 0 Å². The van der Waals surface area contributed by atoms with E-state index in [1.165, 1.54) is 43.2 Å². The number of hydrogen-bond acceptors (Lipinski definition) is 1. The number of allylic oxidation sites excluding steroid dienone is 1. The Balaban J connectivity index is 0. The largest absolute Gasteiger partial charge is 0.175 e. The van der Waals surface area contributed by atoms with Crippen molar-refractivity contribution < 1.29 is 0 Å². The second kappa shape index (κ2) is 16.4. The van der Waals surface area contributed by atoms with Crippen molar-refractivity contribution in [3.05, 3.63) is 42.0 Å². The monoisotopic (exact) mass is 294 g/mol. The zero-order valence-electron chi connectivity index (χ0n) is 14.2. The average molecular weight is 295 g/mol. The van der Waals surface area contributed by atoms with E-state index in [0.29, 0.717) is 0 Å². The van der Waals surface area contributed by atoms with Crippen LogP contribution in [0.5, 0.6) is 0 Å². The predicted molar refractivity (Wildman–Crippen MR) is 99.6 cm³/mol. The van der Waals surface area contributed by atoms with Gasteiger partial charge in [-0.25, -0.2) is 0 Å². The first kappa shape index (κ1) is 21.6. The highest BCUT2D eigenvalue weighted by molar-refractivity contribution is 7.79. The molecule has 0 unspecified atom stereocenters. The van der Waals surface area contributed by atoms with Gasteiger partial charge in [0.05, 0.1) is 0 Å². The first-order chi connectivity index (χ1) is 9.65. The van der Waals surface area contributed by atoms with Crippen LogP contribution in [0.25, 0.3) is 5.57 Å². The quantitative estimate of drug-likeness (QED) is 0.418. The summed E-state index contributed by atoms with van der Waals surface area (Å²) in [4.78, 5) is 0. The molecule has 0 N–H and O–H groups in total. The van der Waals surface area contributed by atoms with E-state index in [2.05, 4.69) is 57.3 Å². The predicted octanol–water partition coefficient (Wildman–Crippen LogP) is 7.15. The maximum Gasteiger partial charge on any atom is 0.0154 e. The average Bonchev–Trinajstić information content (AvgIpc) is 2.50. The molecular formula is C19H34S. The van der Waals surface area contributed by atoms with Crippen LogP contribution >= 0.6 is 12.6 Å². The van der Waals surface area contributed by atoms with E-state index in [4.69, 9.17) is 0 Å². The topological polar surface area (TPSA) is 0 Å². The molecule has 0 spiro atoms. The van der Waals surface area contributed by atoms with Gasteiger partial charge in [-0.2, -0.15) is 12.6 Å². The second-order valence-corrected chi connectivity index (χ2v) is 5.01. The molecule has 1 heteroatoms. The maximum absolute atomic E-state index is 4.17. The number of hydrogen-bond donors (Lipinski definition) is 1. The van der Waals surface area contributed by atoms with Gasteiger partial charge >= 0.3 is 0 Å². The van der Waals surface area contributed by atoms with Crippen molar-refractivity contribution in [2.45, 2.75) is 72.5 Å². The summed E-state index contributed by atoms with van der Waals surface area (Å²) in [6, 6.07) is 8.32. The highest BCUT2D eigenvalue weighted by atomic mass is 32.1. The molecule has 0 aliphatic rings. The smallest absolute Gasteiger partial charge is 0.0154 e. The van der Waals surface area contributed by atoms with Gasteiger partial charge in [0.25, 0.3) is 0 Å². The molecule has 1 aromatic rings. The summed E-state index contributed by atoms with van der Waals surface area (Å²) in [5.41, 5.74) is 3.56. The van der Waals surface area contributed by atoms with E-state index in [0.717, 1.165) is 11.3 Å². The summed E-state index contributed by atoms with van der Waals surface area (Å²) in [6.07, 6.45) is 7.01. The second-order valence-electron chi connectivity index (χ2n) is 4.70. The Kier molecular flexibility index (Phi) is 17.7. The third-order valence-electron chi connectivity index (χ3n) is 2.84. The van der Waals surface area contributed by atoms with Crippen molar-refractivity contribution in [1.29, 1.82) is 0 Å². The van der Waals surface area contributed by atoms with Crippen molar-refractivity contribution in [2.75, 3.05) is 0 Å². The van der Waals surface area contributed by atoms with Gasteiger partial charge in [-0.15, -0.1) is 0 Å². The zero-order chi connectivity index (χ0) is 15.8. The van der Waals surface area contributed by atoms with E-state index >= 15 is 0 Å². The van der Waals surface area contributed by atoms with Crippen molar-refractivity contribution in [3.8, 4) is 0 Å². The van der Waals surface area contributed by atoms with Gasteiger partial charge < -0.3 is 0 Å². The Morgan fingerprint density at radius 2 is 1.40 bits per heavy atom. The van der Waals surface area contributed by atoms with Crippen molar-refractivity contribution in [2.24, 2.45) is 0 Å². The lowest BCUT2D eigenvalue weighted by Crippen LogP contribution is -1.80. The minimum Gasteiger partial charge on any atom is -0.175 e.